The Labute approximate surface area is 124 Å². The van der Waals surface area contributed by atoms with Gasteiger partial charge in [0.1, 0.15) is 10.8 Å². The number of hydrogen-bond acceptors (Lipinski definition) is 3. The molecule has 0 aliphatic carbocycles. The molecule has 8 heteroatoms. The molecule has 3 nitrogen and oxygen atoms in total. The molecule has 0 fully saturated rings. The van der Waals surface area contributed by atoms with E-state index < -0.39 is 17.8 Å². The lowest BCUT2D eigenvalue weighted by Crippen LogP contribution is -2.21. The van der Waals surface area contributed by atoms with E-state index in [-0.39, 0.29) is 34.8 Å². The zero-order chi connectivity index (χ0) is 15.5. The first-order valence-corrected chi connectivity index (χ1v) is 6.51. The predicted octanol–water partition coefficient (Wildman–Crippen LogP) is 4.39. The van der Waals surface area contributed by atoms with Crippen molar-refractivity contribution in [2.75, 3.05) is 13.2 Å². The lowest BCUT2D eigenvalue weighted by atomic mass is 10.1. The molecule has 0 aromatic heterocycles. The molecule has 1 unspecified atom stereocenters. The molecular weight excluding hydrogens is 320 g/mol. The molecule has 114 valence electrons. The summed E-state index contributed by atoms with van der Waals surface area (Å²) in [6, 6.07) is 0.946. The SMILES string of the molecule is CCOc1c(Cl)cc(C(O)C(F)(F)F)c(OCC)c1Cl. The van der Waals surface area contributed by atoms with Gasteiger partial charge in [0.05, 0.1) is 18.2 Å². The minimum atomic E-state index is -4.86. The van der Waals surface area contributed by atoms with Gasteiger partial charge in [-0.1, -0.05) is 23.2 Å². The quantitative estimate of drug-likeness (QED) is 0.869. The monoisotopic (exact) mass is 332 g/mol. The zero-order valence-corrected chi connectivity index (χ0v) is 12.2. The Kier molecular flexibility index (Phi) is 5.79. The van der Waals surface area contributed by atoms with Gasteiger partial charge in [-0.15, -0.1) is 0 Å². The van der Waals surface area contributed by atoms with Crippen LogP contribution in [0, 0.1) is 0 Å². The molecule has 0 bridgehead atoms. The fourth-order valence-corrected chi connectivity index (χ4v) is 2.18. The molecule has 1 N–H and O–H groups in total. The van der Waals surface area contributed by atoms with Crippen molar-refractivity contribution >= 4 is 23.2 Å². The molecule has 0 aliphatic heterocycles. The Hall–Kier alpha value is -0.850. The molecule has 1 aromatic carbocycles. The molecule has 1 atom stereocenters. The molecule has 1 rings (SSSR count). The van der Waals surface area contributed by atoms with Crippen LogP contribution >= 0.6 is 23.2 Å². The van der Waals surface area contributed by atoms with Crippen LogP contribution in [0.25, 0.3) is 0 Å². The van der Waals surface area contributed by atoms with Crippen LogP contribution in [0.5, 0.6) is 11.5 Å². The van der Waals surface area contributed by atoms with E-state index in [2.05, 4.69) is 0 Å². The van der Waals surface area contributed by atoms with Gasteiger partial charge in [0.15, 0.2) is 11.9 Å². The summed E-state index contributed by atoms with van der Waals surface area (Å²) >= 11 is 11.8. The van der Waals surface area contributed by atoms with Crippen molar-refractivity contribution in [3.8, 4) is 11.5 Å². The molecule has 0 aliphatic rings. The van der Waals surface area contributed by atoms with Crippen LogP contribution in [-0.2, 0) is 0 Å². The Morgan fingerprint density at radius 2 is 1.65 bits per heavy atom. The Morgan fingerprint density at radius 3 is 2.10 bits per heavy atom. The molecular formula is C12H13Cl2F3O3. The second-order valence-corrected chi connectivity index (χ2v) is 4.52. The molecule has 0 amide bonds. The summed E-state index contributed by atoms with van der Waals surface area (Å²) in [7, 11) is 0. The van der Waals surface area contributed by atoms with Crippen molar-refractivity contribution in [1.82, 2.24) is 0 Å². The lowest BCUT2D eigenvalue weighted by Gasteiger charge is -2.21. The second-order valence-electron chi connectivity index (χ2n) is 3.73. The van der Waals surface area contributed by atoms with E-state index in [0.29, 0.717) is 0 Å². The highest BCUT2D eigenvalue weighted by Crippen LogP contribution is 2.47. The van der Waals surface area contributed by atoms with Gasteiger partial charge < -0.3 is 14.6 Å². The van der Waals surface area contributed by atoms with Crippen LogP contribution < -0.4 is 9.47 Å². The average Bonchev–Trinajstić information content (AvgIpc) is 2.35. The smallest absolute Gasteiger partial charge is 0.418 e. The van der Waals surface area contributed by atoms with Crippen LogP contribution in [0.15, 0.2) is 6.07 Å². The minimum Gasteiger partial charge on any atom is -0.492 e. The number of alkyl halides is 3. The van der Waals surface area contributed by atoms with Crippen LogP contribution in [0.1, 0.15) is 25.5 Å². The number of hydrogen-bond donors (Lipinski definition) is 1. The van der Waals surface area contributed by atoms with Crippen molar-refractivity contribution in [2.45, 2.75) is 26.1 Å². The van der Waals surface area contributed by atoms with Gasteiger partial charge in [0, 0.05) is 5.56 Å². The predicted molar refractivity (Wildman–Crippen MR) is 69.8 cm³/mol. The first-order chi connectivity index (χ1) is 9.23. The van der Waals surface area contributed by atoms with E-state index in [1.807, 2.05) is 0 Å². The minimum absolute atomic E-state index is 0.0254. The van der Waals surface area contributed by atoms with E-state index in [9.17, 15) is 18.3 Å². The van der Waals surface area contributed by atoms with Crippen LogP contribution in [-0.4, -0.2) is 24.5 Å². The van der Waals surface area contributed by atoms with E-state index >= 15 is 0 Å². The summed E-state index contributed by atoms with van der Waals surface area (Å²) in [6.45, 7) is 3.55. The van der Waals surface area contributed by atoms with Gasteiger partial charge in [-0.3, -0.25) is 0 Å². The molecule has 1 aromatic rings. The maximum absolute atomic E-state index is 12.6. The van der Waals surface area contributed by atoms with Gasteiger partial charge in [-0.25, -0.2) is 0 Å². The summed E-state index contributed by atoms with van der Waals surface area (Å²) in [6.07, 6.45) is -7.60. The second kappa shape index (κ2) is 6.74. The Balaban J connectivity index is 3.44. The highest BCUT2D eigenvalue weighted by molar-refractivity contribution is 6.38. The number of rotatable bonds is 5. The lowest BCUT2D eigenvalue weighted by molar-refractivity contribution is -0.207. The molecule has 20 heavy (non-hydrogen) atoms. The van der Waals surface area contributed by atoms with Gasteiger partial charge >= 0.3 is 6.18 Å². The first-order valence-electron chi connectivity index (χ1n) is 5.76. The average molecular weight is 333 g/mol. The van der Waals surface area contributed by atoms with Gasteiger partial charge in [-0.05, 0) is 19.9 Å². The van der Waals surface area contributed by atoms with Crippen LogP contribution in [0.3, 0.4) is 0 Å². The van der Waals surface area contributed by atoms with E-state index in [0.717, 1.165) is 6.07 Å². The normalized spacial score (nSPS) is 13.2. The molecule has 0 heterocycles. The molecule has 0 saturated carbocycles. The largest absolute Gasteiger partial charge is 0.492 e. The van der Waals surface area contributed by atoms with Crippen molar-refractivity contribution < 1.29 is 27.8 Å². The fourth-order valence-electron chi connectivity index (χ4n) is 1.55. The number of aliphatic hydroxyl groups is 1. The molecule has 0 radical (unpaired) electrons. The van der Waals surface area contributed by atoms with Gasteiger partial charge in [0.25, 0.3) is 0 Å². The summed E-state index contributed by atoms with van der Waals surface area (Å²) < 4.78 is 48.2. The highest BCUT2D eigenvalue weighted by Gasteiger charge is 2.42. The third-order valence-corrected chi connectivity index (χ3v) is 2.97. The number of aliphatic hydroxyl groups excluding tert-OH is 1. The standard InChI is InChI=1S/C12H13Cl2F3O3/c1-3-19-9-6(11(18)12(15,16)17)5-7(13)10(8(9)14)20-4-2/h5,11,18H,3-4H2,1-2H3. The van der Waals surface area contributed by atoms with Crippen molar-refractivity contribution in [2.24, 2.45) is 0 Å². The number of ether oxygens (including phenoxy) is 2. The van der Waals surface area contributed by atoms with Gasteiger partial charge in [0.2, 0.25) is 0 Å². The van der Waals surface area contributed by atoms with E-state index in [1.54, 1.807) is 13.8 Å². The number of benzene rings is 1. The fraction of sp³-hybridized carbons (Fsp3) is 0.500. The summed E-state index contributed by atoms with van der Waals surface area (Å²) in [5.74, 6) is -0.260. The van der Waals surface area contributed by atoms with Crippen molar-refractivity contribution in [3.05, 3.63) is 21.7 Å². The number of halogens is 5. The van der Waals surface area contributed by atoms with E-state index in [1.165, 1.54) is 0 Å². The third-order valence-electron chi connectivity index (χ3n) is 2.34. The maximum atomic E-state index is 12.6. The molecule has 0 saturated heterocycles. The summed E-state index contributed by atoms with van der Waals surface area (Å²) in [4.78, 5) is 0. The van der Waals surface area contributed by atoms with Crippen LogP contribution in [0.4, 0.5) is 13.2 Å². The molecule has 0 spiro atoms. The van der Waals surface area contributed by atoms with E-state index in [4.69, 9.17) is 32.7 Å². The first kappa shape index (κ1) is 17.2. The van der Waals surface area contributed by atoms with Crippen molar-refractivity contribution in [3.63, 3.8) is 0 Å². The third kappa shape index (κ3) is 3.62. The Morgan fingerprint density at radius 1 is 1.15 bits per heavy atom. The topological polar surface area (TPSA) is 38.7 Å². The summed E-state index contributed by atoms with van der Waals surface area (Å²) in [5.41, 5.74) is -0.544. The van der Waals surface area contributed by atoms with Gasteiger partial charge in [-0.2, -0.15) is 13.2 Å². The van der Waals surface area contributed by atoms with Crippen molar-refractivity contribution in [1.29, 1.82) is 0 Å². The Bertz CT molecular complexity index is 478. The van der Waals surface area contributed by atoms with Crippen LogP contribution in [0.2, 0.25) is 10.0 Å². The zero-order valence-electron chi connectivity index (χ0n) is 10.7. The highest BCUT2D eigenvalue weighted by atomic mass is 35.5. The summed E-state index contributed by atoms with van der Waals surface area (Å²) in [5, 5.41) is 9.05. The maximum Gasteiger partial charge on any atom is 0.418 e.